The first-order chi connectivity index (χ1) is 8.22. The molecule has 0 fully saturated rings. The van der Waals surface area contributed by atoms with E-state index in [-0.39, 0.29) is 0 Å². The molecule has 2 unspecified atom stereocenters. The zero-order chi connectivity index (χ0) is 12.4. The molecule has 0 aromatic heterocycles. The standard InChI is InChI=1S/C14H21NOS/c1-5-12-14(15-3)13-9(2)6-7-11(16-4)10(13)8-17-12/h6-7,12,14-15H,5,8H2,1-4H3. The van der Waals surface area contributed by atoms with E-state index in [0.29, 0.717) is 11.3 Å². The molecule has 1 aromatic rings. The third-order valence-electron chi connectivity index (χ3n) is 3.59. The van der Waals surface area contributed by atoms with Gasteiger partial charge in [-0.1, -0.05) is 13.0 Å². The van der Waals surface area contributed by atoms with Gasteiger partial charge in [0.05, 0.1) is 7.11 Å². The SMILES string of the molecule is CCC1SCc2c(OC)ccc(C)c2C1NC. The predicted molar refractivity (Wildman–Crippen MR) is 74.9 cm³/mol. The van der Waals surface area contributed by atoms with Crippen molar-refractivity contribution in [1.82, 2.24) is 5.32 Å². The Morgan fingerprint density at radius 3 is 2.82 bits per heavy atom. The highest BCUT2D eigenvalue weighted by molar-refractivity contribution is 7.99. The van der Waals surface area contributed by atoms with E-state index >= 15 is 0 Å². The molecular weight excluding hydrogens is 230 g/mol. The zero-order valence-corrected chi connectivity index (χ0v) is 11.9. The summed E-state index contributed by atoms with van der Waals surface area (Å²) in [6.45, 7) is 4.47. The summed E-state index contributed by atoms with van der Waals surface area (Å²) in [7, 11) is 3.82. The molecule has 1 aromatic carbocycles. The van der Waals surface area contributed by atoms with Crippen LogP contribution in [0.15, 0.2) is 12.1 Å². The van der Waals surface area contributed by atoms with E-state index in [1.807, 2.05) is 11.8 Å². The molecule has 0 radical (unpaired) electrons. The largest absolute Gasteiger partial charge is 0.496 e. The Bertz CT molecular complexity index is 405. The van der Waals surface area contributed by atoms with E-state index in [0.717, 1.165) is 11.5 Å². The number of fused-ring (bicyclic) bond motifs is 1. The Morgan fingerprint density at radius 1 is 1.47 bits per heavy atom. The van der Waals surface area contributed by atoms with Crippen molar-refractivity contribution in [1.29, 1.82) is 0 Å². The molecule has 2 rings (SSSR count). The number of aryl methyl sites for hydroxylation is 1. The van der Waals surface area contributed by atoms with Crippen molar-refractivity contribution in [3.63, 3.8) is 0 Å². The average Bonchev–Trinajstić information content (AvgIpc) is 2.37. The maximum Gasteiger partial charge on any atom is 0.123 e. The van der Waals surface area contributed by atoms with Gasteiger partial charge in [-0.05, 0) is 37.6 Å². The number of thioether (sulfide) groups is 1. The smallest absolute Gasteiger partial charge is 0.123 e. The van der Waals surface area contributed by atoms with Gasteiger partial charge in [0.2, 0.25) is 0 Å². The molecule has 17 heavy (non-hydrogen) atoms. The molecule has 0 spiro atoms. The van der Waals surface area contributed by atoms with Crippen molar-refractivity contribution in [2.24, 2.45) is 0 Å². The predicted octanol–water partition coefficient (Wildman–Crippen LogP) is 3.29. The lowest BCUT2D eigenvalue weighted by molar-refractivity contribution is 0.408. The molecule has 1 aliphatic rings. The van der Waals surface area contributed by atoms with Gasteiger partial charge in [-0.2, -0.15) is 11.8 Å². The van der Waals surface area contributed by atoms with Gasteiger partial charge in [0.1, 0.15) is 5.75 Å². The lowest BCUT2D eigenvalue weighted by atomic mass is 9.92. The van der Waals surface area contributed by atoms with E-state index in [4.69, 9.17) is 4.74 Å². The third-order valence-corrected chi connectivity index (χ3v) is 5.08. The van der Waals surface area contributed by atoms with Crippen molar-refractivity contribution in [2.45, 2.75) is 37.3 Å². The Labute approximate surface area is 108 Å². The van der Waals surface area contributed by atoms with Crippen LogP contribution in [0.5, 0.6) is 5.75 Å². The highest BCUT2D eigenvalue weighted by Crippen LogP contribution is 2.43. The molecule has 94 valence electrons. The van der Waals surface area contributed by atoms with Gasteiger partial charge in [0.15, 0.2) is 0 Å². The molecule has 3 heteroatoms. The fraction of sp³-hybridized carbons (Fsp3) is 0.571. The number of benzene rings is 1. The topological polar surface area (TPSA) is 21.3 Å². The molecule has 2 atom stereocenters. The molecule has 1 aliphatic heterocycles. The molecule has 0 bridgehead atoms. The third kappa shape index (κ3) is 2.18. The number of nitrogens with one attached hydrogen (secondary N) is 1. The first-order valence-electron chi connectivity index (χ1n) is 6.18. The minimum Gasteiger partial charge on any atom is -0.496 e. The molecule has 1 heterocycles. The van der Waals surface area contributed by atoms with Crippen LogP contribution in [0.3, 0.4) is 0 Å². The van der Waals surface area contributed by atoms with E-state index in [1.165, 1.54) is 23.1 Å². The number of hydrogen-bond donors (Lipinski definition) is 1. The molecule has 0 amide bonds. The summed E-state index contributed by atoms with van der Waals surface area (Å²) in [5, 5.41) is 4.14. The van der Waals surface area contributed by atoms with Gasteiger partial charge >= 0.3 is 0 Å². The van der Waals surface area contributed by atoms with Crippen LogP contribution in [0, 0.1) is 6.92 Å². The molecule has 0 saturated carbocycles. The van der Waals surface area contributed by atoms with Gasteiger partial charge in [0, 0.05) is 22.6 Å². The monoisotopic (exact) mass is 251 g/mol. The molecule has 2 nitrogen and oxygen atoms in total. The zero-order valence-electron chi connectivity index (χ0n) is 11.0. The van der Waals surface area contributed by atoms with Crippen LogP contribution < -0.4 is 10.1 Å². The van der Waals surface area contributed by atoms with Gasteiger partial charge < -0.3 is 10.1 Å². The Morgan fingerprint density at radius 2 is 2.24 bits per heavy atom. The van der Waals surface area contributed by atoms with Crippen LogP contribution in [-0.4, -0.2) is 19.4 Å². The van der Waals surface area contributed by atoms with Crippen molar-refractivity contribution < 1.29 is 4.74 Å². The maximum atomic E-state index is 5.49. The first kappa shape index (κ1) is 12.8. The van der Waals surface area contributed by atoms with Crippen molar-refractivity contribution in [3.8, 4) is 5.75 Å². The van der Waals surface area contributed by atoms with Gasteiger partial charge in [-0.15, -0.1) is 0 Å². The Balaban J connectivity index is 2.52. The number of ether oxygens (including phenoxy) is 1. The van der Waals surface area contributed by atoms with Crippen molar-refractivity contribution >= 4 is 11.8 Å². The van der Waals surface area contributed by atoms with E-state index in [1.54, 1.807) is 7.11 Å². The van der Waals surface area contributed by atoms with Crippen LogP contribution in [0.4, 0.5) is 0 Å². The Kier molecular flexibility index (Phi) is 4.00. The van der Waals surface area contributed by atoms with E-state index < -0.39 is 0 Å². The normalized spacial score (nSPS) is 23.3. The molecular formula is C14H21NOS. The molecule has 0 saturated heterocycles. The summed E-state index contributed by atoms with van der Waals surface area (Å²) in [5.74, 6) is 2.10. The van der Waals surface area contributed by atoms with E-state index in [9.17, 15) is 0 Å². The highest BCUT2D eigenvalue weighted by atomic mass is 32.2. The lowest BCUT2D eigenvalue weighted by Gasteiger charge is -2.34. The Hall–Kier alpha value is -0.670. The summed E-state index contributed by atoms with van der Waals surface area (Å²) in [6.07, 6.45) is 1.20. The minimum absolute atomic E-state index is 0.448. The maximum absolute atomic E-state index is 5.49. The highest BCUT2D eigenvalue weighted by Gasteiger charge is 2.30. The summed E-state index contributed by atoms with van der Waals surface area (Å²) in [4.78, 5) is 0. The number of methoxy groups -OCH3 is 1. The minimum atomic E-state index is 0.448. The summed E-state index contributed by atoms with van der Waals surface area (Å²) in [6, 6.07) is 4.71. The van der Waals surface area contributed by atoms with Crippen molar-refractivity contribution in [3.05, 3.63) is 28.8 Å². The molecule has 0 aliphatic carbocycles. The van der Waals surface area contributed by atoms with Crippen LogP contribution in [0.1, 0.15) is 36.1 Å². The van der Waals surface area contributed by atoms with Crippen molar-refractivity contribution in [2.75, 3.05) is 14.2 Å². The summed E-state index contributed by atoms with van der Waals surface area (Å²) in [5.41, 5.74) is 4.21. The number of rotatable bonds is 3. The van der Waals surface area contributed by atoms with Gasteiger partial charge in [-0.25, -0.2) is 0 Å². The average molecular weight is 251 g/mol. The second-order valence-corrected chi connectivity index (χ2v) is 5.73. The second kappa shape index (κ2) is 5.32. The van der Waals surface area contributed by atoms with Gasteiger partial charge in [-0.3, -0.25) is 0 Å². The lowest BCUT2D eigenvalue weighted by Crippen LogP contribution is -2.31. The second-order valence-electron chi connectivity index (χ2n) is 4.50. The summed E-state index contributed by atoms with van der Waals surface area (Å²) >= 11 is 2.03. The van der Waals surface area contributed by atoms with Crippen LogP contribution in [0.2, 0.25) is 0 Å². The quantitative estimate of drug-likeness (QED) is 0.890. The van der Waals surface area contributed by atoms with Crippen LogP contribution in [0.25, 0.3) is 0 Å². The van der Waals surface area contributed by atoms with Crippen LogP contribution >= 0.6 is 11.8 Å². The van der Waals surface area contributed by atoms with Crippen LogP contribution in [-0.2, 0) is 5.75 Å². The number of hydrogen-bond acceptors (Lipinski definition) is 3. The first-order valence-corrected chi connectivity index (χ1v) is 7.23. The van der Waals surface area contributed by atoms with E-state index in [2.05, 4.69) is 38.3 Å². The fourth-order valence-corrected chi connectivity index (χ4v) is 4.07. The van der Waals surface area contributed by atoms with Gasteiger partial charge in [0.25, 0.3) is 0 Å². The summed E-state index contributed by atoms with van der Waals surface area (Å²) < 4.78 is 5.49. The fourth-order valence-electron chi connectivity index (χ4n) is 2.69. The molecule has 1 N–H and O–H groups in total.